The van der Waals surface area contributed by atoms with Gasteiger partial charge in [0.05, 0.1) is 34.6 Å². The maximum atomic E-state index is 11.0. The molecule has 6 heteroatoms. The molecule has 0 spiro atoms. The van der Waals surface area contributed by atoms with E-state index in [1.807, 2.05) is 40.7 Å². The van der Waals surface area contributed by atoms with Gasteiger partial charge in [0.25, 0.3) is 0 Å². The van der Waals surface area contributed by atoms with Crippen LogP contribution in [-0.2, 0) is 0 Å². The van der Waals surface area contributed by atoms with E-state index in [0.29, 0.717) is 51.4 Å². The highest BCUT2D eigenvalue weighted by Gasteiger charge is 2.28. The molecule has 0 aromatic rings. The molecule has 300 valence electrons. The molecule has 0 saturated carbocycles. The highest BCUT2D eigenvalue weighted by atomic mass is 16.3. The van der Waals surface area contributed by atoms with Gasteiger partial charge in [0.15, 0.2) is 0 Å². The summed E-state index contributed by atoms with van der Waals surface area (Å²) < 4.78 is 0. The SMILES string of the molecule is CC(C)=CCC[C@@](C)(O)CCC[C@@](C)(O)CCC[C@](C)(O)CCC[C@](C)(O)CCC[C@](C)(O)CCC/C(C)=C/CC/C(C)=C/CC/C(C)=C/CO. The van der Waals surface area contributed by atoms with Gasteiger partial charge in [0, 0.05) is 0 Å². The molecular formula is C45H84O6. The first-order chi connectivity index (χ1) is 23.5. The molecule has 0 aliphatic heterocycles. The summed E-state index contributed by atoms with van der Waals surface area (Å²) in [4.78, 5) is 0. The fourth-order valence-electron chi connectivity index (χ4n) is 7.00. The normalized spacial score (nSPS) is 19.1. The zero-order valence-electron chi connectivity index (χ0n) is 35.0. The Hall–Kier alpha value is -1.28. The van der Waals surface area contributed by atoms with Crippen LogP contribution in [0.15, 0.2) is 46.6 Å². The smallest absolute Gasteiger partial charge is 0.0622 e. The summed E-state index contributed by atoms with van der Waals surface area (Å²) in [6, 6.07) is 0. The van der Waals surface area contributed by atoms with E-state index in [-0.39, 0.29) is 6.61 Å². The molecule has 0 rings (SSSR count). The van der Waals surface area contributed by atoms with E-state index in [0.717, 1.165) is 83.5 Å². The summed E-state index contributed by atoms with van der Waals surface area (Å²) >= 11 is 0. The first-order valence-electron chi connectivity index (χ1n) is 20.3. The summed E-state index contributed by atoms with van der Waals surface area (Å²) in [5, 5.41) is 63.6. The molecular weight excluding hydrogens is 636 g/mol. The molecule has 0 heterocycles. The molecule has 0 unspecified atom stereocenters. The van der Waals surface area contributed by atoms with Crippen molar-refractivity contribution < 1.29 is 30.6 Å². The number of allylic oxidation sites excluding steroid dienone is 7. The lowest BCUT2D eigenvalue weighted by Gasteiger charge is -2.30. The molecule has 5 atom stereocenters. The molecule has 0 bridgehead atoms. The zero-order valence-corrected chi connectivity index (χ0v) is 35.0. The van der Waals surface area contributed by atoms with Crippen molar-refractivity contribution in [3.8, 4) is 0 Å². The van der Waals surface area contributed by atoms with Gasteiger partial charge in [0.1, 0.15) is 0 Å². The Labute approximate surface area is 315 Å². The molecule has 0 aromatic heterocycles. The van der Waals surface area contributed by atoms with Gasteiger partial charge >= 0.3 is 0 Å². The average Bonchev–Trinajstić information content (AvgIpc) is 2.96. The Balaban J connectivity index is 4.33. The molecule has 0 aliphatic rings. The Morgan fingerprint density at radius 3 is 1.00 bits per heavy atom. The van der Waals surface area contributed by atoms with Gasteiger partial charge in [-0.15, -0.1) is 0 Å². The lowest BCUT2D eigenvalue weighted by atomic mass is 9.84. The van der Waals surface area contributed by atoms with Crippen LogP contribution >= 0.6 is 0 Å². The minimum absolute atomic E-state index is 0.115. The largest absolute Gasteiger partial charge is 0.392 e. The van der Waals surface area contributed by atoms with Crippen LogP contribution in [0.4, 0.5) is 0 Å². The standard InChI is InChI=1S/C45H84O6/c1-37(2)19-13-26-41(6,47)28-15-30-43(8,49)32-17-34-45(10,51)35-18-33-44(9,50)31-16-29-42(7,48)27-14-24-39(4)22-11-20-38(3)21-12-23-40(5)25-36-46/h19,21-22,25,46-51H,11-18,20,23-24,26-36H2,1-10H3/b38-21+,39-22+,40-25+/t41-,42-,43-,44-,45+/m1/s1. The van der Waals surface area contributed by atoms with E-state index in [9.17, 15) is 25.5 Å². The Kier molecular flexibility index (Phi) is 24.3. The third-order valence-electron chi connectivity index (χ3n) is 10.7. The molecule has 0 aliphatic carbocycles. The molecule has 0 radical (unpaired) electrons. The maximum absolute atomic E-state index is 11.0. The van der Waals surface area contributed by atoms with Crippen molar-refractivity contribution in [1.82, 2.24) is 0 Å². The zero-order chi connectivity index (χ0) is 39.2. The monoisotopic (exact) mass is 721 g/mol. The lowest BCUT2D eigenvalue weighted by molar-refractivity contribution is -0.00579. The van der Waals surface area contributed by atoms with Crippen LogP contribution in [0.25, 0.3) is 0 Å². The van der Waals surface area contributed by atoms with Crippen LogP contribution < -0.4 is 0 Å². The molecule has 51 heavy (non-hydrogen) atoms. The van der Waals surface area contributed by atoms with Crippen molar-refractivity contribution in [2.75, 3.05) is 6.61 Å². The third kappa shape index (κ3) is 29.8. The van der Waals surface area contributed by atoms with E-state index in [1.54, 1.807) is 0 Å². The van der Waals surface area contributed by atoms with Gasteiger partial charge in [-0.3, -0.25) is 0 Å². The van der Waals surface area contributed by atoms with E-state index in [2.05, 4.69) is 52.8 Å². The molecule has 6 nitrogen and oxygen atoms in total. The lowest BCUT2D eigenvalue weighted by Crippen LogP contribution is -2.30. The first kappa shape index (κ1) is 49.7. The highest BCUT2D eigenvalue weighted by molar-refractivity contribution is 5.06. The van der Waals surface area contributed by atoms with E-state index in [4.69, 9.17) is 5.11 Å². The Morgan fingerprint density at radius 2 is 0.667 bits per heavy atom. The first-order valence-corrected chi connectivity index (χ1v) is 20.3. The van der Waals surface area contributed by atoms with E-state index < -0.39 is 28.0 Å². The Bertz CT molecular complexity index is 1050. The predicted molar refractivity (Wildman–Crippen MR) is 218 cm³/mol. The van der Waals surface area contributed by atoms with Gasteiger partial charge in [-0.2, -0.15) is 0 Å². The minimum atomic E-state index is -0.843. The molecule has 0 fully saturated rings. The number of rotatable bonds is 30. The van der Waals surface area contributed by atoms with Crippen molar-refractivity contribution in [3.63, 3.8) is 0 Å². The van der Waals surface area contributed by atoms with Crippen molar-refractivity contribution in [2.24, 2.45) is 0 Å². The molecule has 0 amide bonds. The van der Waals surface area contributed by atoms with Crippen molar-refractivity contribution >= 4 is 0 Å². The second kappa shape index (κ2) is 24.9. The quantitative estimate of drug-likeness (QED) is 0.0411. The topological polar surface area (TPSA) is 121 Å². The average molecular weight is 721 g/mol. The van der Waals surface area contributed by atoms with Crippen LogP contribution in [-0.4, -0.2) is 65.3 Å². The third-order valence-corrected chi connectivity index (χ3v) is 10.7. The highest BCUT2D eigenvalue weighted by Crippen LogP contribution is 2.31. The summed E-state index contributed by atoms with van der Waals surface area (Å²) in [6.45, 7) is 20.1. The van der Waals surface area contributed by atoms with E-state index in [1.165, 1.54) is 22.3 Å². The van der Waals surface area contributed by atoms with Crippen molar-refractivity contribution in [2.45, 2.75) is 232 Å². The minimum Gasteiger partial charge on any atom is -0.392 e. The van der Waals surface area contributed by atoms with Crippen LogP contribution in [0.3, 0.4) is 0 Å². The van der Waals surface area contributed by atoms with Gasteiger partial charge in [-0.1, -0.05) is 46.6 Å². The van der Waals surface area contributed by atoms with Crippen LogP contribution in [0, 0.1) is 0 Å². The fraction of sp³-hybridized carbons (Fsp3) is 0.822. The van der Waals surface area contributed by atoms with Crippen molar-refractivity contribution in [1.29, 1.82) is 0 Å². The predicted octanol–water partition coefficient (Wildman–Crippen LogP) is 10.7. The molecule has 6 N–H and O–H groups in total. The number of hydrogen-bond donors (Lipinski definition) is 6. The molecule has 0 aromatic carbocycles. The van der Waals surface area contributed by atoms with Gasteiger partial charge < -0.3 is 30.6 Å². The second-order valence-corrected chi connectivity index (χ2v) is 18.0. The number of aliphatic hydroxyl groups excluding tert-OH is 1. The number of hydrogen-bond acceptors (Lipinski definition) is 6. The van der Waals surface area contributed by atoms with Crippen LogP contribution in [0.5, 0.6) is 0 Å². The summed E-state index contributed by atoms with van der Waals surface area (Å²) in [7, 11) is 0. The molecule has 0 saturated heterocycles. The fourth-order valence-corrected chi connectivity index (χ4v) is 7.00. The summed E-state index contributed by atoms with van der Waals surface area (Å²) in [5.74, 6) is 0. The van der Waals surface area contributed by atoms with E-state index >= 15 is 0 Å². The van der Waals surface area contributed by atoms with Crippen molar-refractivity contribution in [3.05, 3.63) is 46.6 Å². The van der Waals surface area contributed by atoms with Crippen LogP contribution in [0.2, 0.25) is 0 Å². The van der Waals surface area contributed by atoms with Gasteiger partial charge in [0.2, 0.25) is 0 Å². The maximum Gasteiger partial charge on any atom is 0.0622 e. The Morgan fingerprint density at radius 1 is 0.373 bits per heavy atom. The second-order valence-electron chi connectivity index (χ2n) is 18.0. The van der Waals surface area contributed by atoms with Gasteiger partial charge in [-0.05, 0) is 204 Å². The summed E-state index contributed by atoms with van der Waals surface area (Å²) in [6.07, 6.45) is 25.0. The van der Waals surface area contributed by atoms with Crippen LogP contribution in [0.1, 0.15) is 204 Å². The summed E-state index contributed by atoms with van der Waals surface area (Å²) in [5.41, 5.74) is 1.32. The number of aliphatic hydroxyl groups is 6. The van der Waals surface area contributed by atoms with Gasteiger partial charge in [-0.25, -0.2) is 0 Å².